The molecule has 0 spiro atoms. The van der Waals surface area contributed by atoms with Gasteiger partial charge in [-0.2, -0.15) is 0 Å². The van der Waals surface area contributed by atoms with Crippen LogP contribution in [0.2, 0.25) is 0 Å². The van der Waals surface area contributed by atoms with Gasteiger partial charge in [-0.15, -0.1) is 0 Å². The number of hydrogen-bond acceptors (Lipinski definition) is 1. The van der Waals surface area contributed by atoms with E-state index in [-0.39, 0.29) is 0 Å². The molecule has 1 N–H and O–H groups in total. The maximum atomic E-state index is 9.66. The minimum Gasteiger partial charge on any atom is -0.396 e. The quantitative estimate of drug-likeness (QED) is 0.667. The van der Waals surface area contributed by atoms with E-state index in [9.17, 15) is 5.11 Å². The van der Waals surface area contributed by atoms with Gasteiger partial charge in [-0.05, 0) is 86.0 Å². The van der Waals surface area contributed by atoms with Crippen molar-refractivity contribution in [2.24, 2.45) is 29.1 Å². The van der Waals surface area contributed by atoms with Crippen LogP contribution in [0.5, 0.6) is 0 Å². The highest BCUT2D eigenvalue weighted by Crippen LogP contribution is 2.59. The van der Waals surface area contributed by atoms with Crippen LogP contribution in [0.1, 0.15) is 72.1 Å². The Labute approximate surface area is 148 Å². The molecule has 0 aromatic carbocycles. The molecule has 1 nitrogen and oxygen atoms in total. The normalized spacial score (nSPS) is 41.7. The maximum absolute atomic E-state index is 9.66. The van der Waals surface area contributed by atoms with Gasteiger partial charge in [0.2, 0.25) is 0 Å². The standard InChI is InChI=1S/C23H36O/c1-16-7-8-17(2)20(14-16)10-9-19-6-5-13-23(4)21(18(3)15-24)11-12-22(19)23/h9-10,16,18,21-22,24H,2,5-8,11-15H2,1,3-4H3. The zero-order chi connectivity index (χ0) is 17.3. The molecular weight excluding hydrogens is 292 g/mol. The van der Waals surface area contributed by atoms with Crippen molar-refractivity contribution in [1.29, 1.82) is 0 Å². The molecule has 3 saturated carbocycles. The van der Waals surface area contributed by atoms with E-state index in [1.54, 1.807) is 5.57 Å². The smallest absolute Gasteiger partial charge is 0.0459 e. The van der Waals surface area contributed by atoms with Gasteiger partial charge in [-0.3, -0.25) is 0 Å². The molecule has 0 radical (unpaired) electrons. The van der Waals surface area contributed by atoms with Crippen molar-refractivity contribution >= 4 is 0 Å². The van der Waals surface area contributed by atoms with Gasteiger partial charge < -0.3 is 5.11 Å². The van der Waals surface area contributed by atoms with E-state index in [0.29, 0.717) is 23.9 Å². The summed E-state index contributed by atoms with van der Waals surface area (Å²) in [6.45, 7) is 11.7. The summed E-state index contributed by atoms with van der Waals surface area (Å²) in [7, 11) is 0. The summed E-state index contributed by atoms with van der Waals surface area (Å²) in [4.78, 5) is 0. The Morgan fingerprint density at radius 3 is 2.79 bits per heavy atom. The topological polar surface area (TPSA) is 20.2 Å². The van der Waals surface area contributed by atoms with E-state index in [0.717, 1.165) is 11.8 Å². The molecule has 0 aromatic heterocycles. The van der Waals surface area contributed by atoms with Gasteiger partial charge in [-0.1, -0.05) is 50.6 Å². The van der Waals surface area contributed by atoms with E-state index in [1.165, 1.54) is 62.5 Å². The zero-order valence-electron chi connectivity index (χ0n) is 16.0. The molecule has 3 rings (SSSR count). The van der Waals surface area contributed by atoms with Crippen molar-refractivity contribution in [3.63, 3.8) is 0 Å². The van der Waals surface area contributed by atoms with Crippen LogP contribution < -0.4 is 0 Å². The molecule has 3 fully saturated rings. The number of fused-ring (bicyclic) bond motifs is 1. The van der Waals surface area contributed by atoms with Crippen molar-refractivity contribution in [3.05, 3.63) is 35.5 Å². The fourth-order valence-electron chi connectivity index (χ4n) is 5.94. The maximum Gasteiger partial charge on any atom is 0.0459 e. The predicted molar refractivity (Wildman–Crippen MR) is 103 cm³/mol. The van der Waals surface area contributed by atoms with Crippen LogP contribution >= 0.6 is 0 Å². The van der Waals surface area contributed by atoms with Gasteiger partial charge in [0.25, 0.3) is 0 Å². The number of rotatable bonds is 3. The lowest BCUT2D eigenvalue weighted by molar-refractivity contribution is 0.0690. The second kappa shape index (κ2) is 7.20. The van der Waals surface area contributed by atoms with E-state index < -0.39 is 0 Å². The zero-order valence-corrected chi connectivity index (χ0v) is 16.0. The van der Waals surface area contributed by atoms with E-state index in [2.05, 4.69) is 39.5 Å². The summed E-state index contributed by atoms with van der Waals surface area (Å²) in [5, 5.41) is 9.66. The highest BCUT2D eigenvalue weighted by atomic mass is 16.3. The van der Waals surface area contributed by atoms with Crippen LogP contribution in [0, 0.1) is 29.1 Å². The molecule has 0 aliphatic heterocycles. The Morgan fingerprint density at radius 2 is 2.04 bits per heavy atom. The lowest BCUT2D eigenvalue weighted by Gasteiger charge is -2.44. The van der Waals surface area contributed by atoms with E-state index in [1.807, 2.05) is 0 Å². The molecule has 0 heterocycles. The first-order valence-electron chi connectivity index (χ1n) is 10.1. The van der Waals surface area contributed by atoms with Crippen LogP contribution in [-0.2, 0) is 0 Å². The summed E-state index contributed by atoms with van der Waals surface area (Å²) in [5.74, 6) is 2.67. The summed E-state index contributed by atoms with van der Waals surface area (Å²) in [5.41, 5.74) is 4.94. The van der Waals surface area contributed by atoms with Gasteiger partial charge in [0.1, 0.15) is 0 Å². The average molecular weight is 329 g/mol. The van der Waals surface area contributed by atoms with Crippen molar-refractivity contribution in [3.8, 4) is 0 Å². The second-order valence-electron chi connectivity index (χ2n) is 9.14. The Kier molecular flexibility index (Phi) is 5.39. The molecule has 3 aliphatic carbocycles. The third kappa shape index (κ3) is 3.29. The third-order valence-corrected chi connectivity index (χ3v) is 7.47. The molecule has 134 valence electrons. The molecule has 1 heteroatoms. The first-order chi connectivity index (χ1) is 11.5. The van der Waals surface area contributed by atoms with Crippen molar-refractivity contribution < 1.29 is 5.11 Å². The average Bonchev–Trinajstić information content (AvgIpc) is 2.92. The number of hydrogen-bond donors (Lipinski definition) is 1. The summed E-state index contributed by atoms with van der Waals surface area (Å²) < 4.78 is 0. The SMILES string of the molecule is C=C1CCC(C)CC1=CC=C1CCCC2(C)C1CCC2C(C)CO. The van der Waals surface area contributed by atoms with Crippen molar-refractivity contribution in [2.45, 2.75) is 72.1 Å². The van der Waals surface area contributed by atoms with E-state index >= 15 is 0 Å². The van der Waals surface area contributed by atoms with Crippen LogP contribution in [0.25, 0.3) is 0 Å². The summed E-state index contributed by atoms with van der Waals surface area (Å²) in [6.07, 6.45) is 15.1. The molecule has 5 atom stereocenters. The molecule has 24 heavy (non-hydrogen) atoms. The van der Waals surface area contributed by atoms with Crippen molar-refractivity contribution in [1.82, 2.24) is 0 Å². The largest absolute Gasteiger partial charge is 0.396 e. The van der Waals surface area contributed by atoms with Gasteiger partial charge in [0.05, 0.1) is 0 Å². The lowest BCUT2D eigenvalue weighted by Crippen LogP contribution is -2.36. The van der Waals surface area contributed by atoms with Gasteiger partial charge in [-0.25, -0.2) is 0 Å². The molecule has 0 saturated heterocycles. The first-order valence-corrected chi connectivity index (χ1v) is 10.1. The minimum atomic E-state index is 0.341. The fraction of sp³-hybridized carbons (Fsp3) is 0.739. The van der Waals surface area contributed by atoms with Crippen LogP contribution in [0.3, 0.4) is 0 Å². The minimum absolute atomic E-state index is 0.341. The Morgan fingerprint density at radius 1 is 1.25 bits per heavy atom. The highest BCUT2D eigenvalue weighted by Gasteiger charge is 2.50. The molecule has 0 amide bonds. The van der Waals surface area contributed by atoms with Gasteiger partial charge in [0.15, 0.2) is 0 Å². The van der Waals surface area contributed by atoms with Crippen LogP contribution in [0.15, 0.2) is 35.5 Å². The number of aliphatic hydroxyl groups excluding tert-OH is 1. The number of aliphatic hydroxyl groups is 1. The third-order valence-electron chi connectivity index (χ3n) is 7.47. The fourth-order valence-corrected chi connectivity index (χ4v) is 5.94. The Bertz CT molecular complexity index is 540. The molecule has 0 aromatic rings. The lowest BCUT2D eigenvalue weighted by atomic mass is 9.61. The first kappa shape index (κ1) is 18.0. The molecular formula is C23H36O. The number of allylic oxidation sites excluding steroid dienone is 5. The molecule has 5 unspecified atom stereocenters. The van der Waals surface area contributed by atoms with Crippen LogP contribution in [0.4, 0.5) is 0 Å². The predicted octanol–water partition coefficient (Wildman–Crippen LogP) is 6.06. The second-order valence-corrected chi connectivity index (χ2v) is 9.14. The van der Waals surface area contributed by atoms with Gasteiger partial charge >= 0.3 is 0 Å². The van der Waals surface area contributed by atoms with Crippen LogP contribution in [-0.4, -0.2) is 11.7 Å². The molecule has 3 aliphatic rings. The van der Waals surface area contributed by atoms with E-state index in [4.69, 9.17) is 0 Å². The Hall–Kier alpha value is -0.820. The Balaban J connectivity index is 1.81. The monoisotopic (exact) mass is 328 g/mol. The van der Waals surface area contributed by atoms with Gasteiger partial charge in [0, 0.05) is 6.61 Å². The highest BCUT2D eigenvalue weighted by molar-refractivity contribution is 5.35. The summed E-state index contributed by atoms with van der Waals surface area (Å²) >= 11 is 0. The van der Waals surface area contributed by atoms with Crippen molar-refractivity contribution in [2.75, 3.05) is 6.61 Å². The summed E-state index contributed by atoms with van der Waals surface area (Å²) in [6, 6.07) is 0. The molecule has 0 bridgehead atoms.